The summed E-state index contributed by atoms with van der Waals surface area (Å²) in [6.07, 6.45) is 2.78. The summed E-state index contributed by atoms with van der Waals surface area (Å²) in [5, 5.41) is 12.7. The van der Waals surface area contributed by atoms with Gasteiger partial charge in [0.05, 0.1) is 7.11 Å². The fraction of sp³-hybridized carbons (Fsp3) is 0.0909. The lowest BCUT2D eigenvalue weighted by atomic mass is 10.2. The summed E-state index contributed by atoms with van der Waals surface area (Å²) in [5.41, 5.74) is 12.9. The Hall–Kier alpha value is -2.70. The quantitative estimate of drug-likeness (QED) is 0.253. The summed E-state index contributed by atoms with van der Waals surface area (Å²) in [4.78, 5) is 11.2. The molecule has 18 heavy (non-hydrogen) atoms. The van der Waals surface area contributed by atoms with Gasteiger partial charge in [-0.05, 0) is 23.8 Å². The number of rotatable bonds is 4. The average Bonchev–Trinajstić information content (AvgIpc) is 2.35. The molecule has 0 aromatic heterocycles. The van der Waals surface area contributed by atoms with E-state index in [1.165, 1.54) is 25.3 Å². The molecule has 0 aliphatic rings. The highest BCUT2D eigenvalue weighted by Gasteiger charge is 2.01. The number of hydrogen-bond acceptors (Lipinski definition) is 4. The monoisotopic (exact) mass is 250 g/mol. The van der Waals surface area contributed by atoms with Crippen LogP contribution >= 0.6 is 0 Å². The number of ether oxygens (including phenoxy) is 1. The predicted molar refractivity (Wildman–Crippen MR) is 67.6 cm³/mol. The molecule has 0 bridgehead atoms. The molecular formula is C11H14N4O3. The number of carbonyl (C=O) groups is 1. The van der Waals surface area contributed by atoms with Crippen molar-refractivity contribution in [3.63, 3.8) is 0 Å². The van der Waals surface area contributed by atoms with Crippen molar-refractivity contribution >= 4 is 17.9 Å². The molecule has 7 heteroatoms. The number of nitrogens with one attached hydrogen (secondary N) is 1. The third kappa shape index (κ3) is 4.05. The molecule has 96 valence electrons. The number of amides is 1. The zero-order valence-corrected chi connectivity index (χ0v) is 9.75. The van der Waals surface area contributed by atoms with Crippen molar-refractivity contribution < 1.29 is 14.6 Å². The first-order valence-corrected chi connectivity index (χ1v) is 4.96. The topological polar surface area (TPSA) is 123 Å². The van der Waals surface area contributed by atoms with Crippen LogP contribution < -0.4 is 21.6 Å². The van der Waals surface area contributed by atoms with Crippen molar-refractivity contribution in [2.24, 2.45) is 16.6 Å². The first-order chi connectivity index (χ1) is 8.52. The second-order valence-electron chi connectivity index (χ2n) is 3.28. The van der Waals surface area contributed by atoms with E-state index < -0.39 is 5.91 Å². The van der Waals surface area contributed by atoms with Crippen LogP contribution in [0, 0.1) is 0 Å². The third-order valence-corrected chi connectivity index (χ3v) is 1.93. The molecule has 0 radical (unpaired) electrons. The van der Waals surface area contributed by atoms with Gasteiger partial charge < -0.3 is 21.3 Å². The number of guanidine groups is 1. The van der Waals surface area contributed by atoms with Crippen molar-refractivity contribution in [2.75, 3.05) is 7.11 Å². The molecule has 1 rings (SSSR count). The Kier molecular flexibility index (Phi) is 4.56. The van der Waals surface area contributed by atoms with E-state index in [4.69, 9.17) is 16.2 Å². The van der Waals surface area contributed by atoms with E-state index in [1.54, 1.807) is 12.1 Å². The van der Waals surface area contributed by atoms with E-state index in [0.717, 1.165) is 0 Å². The number of phenols is 1. The van der Waals surface area contributed by atoms with Crippen LogP contribution in [-0.2, 0) is 4.79 Å². The van der Waals surface area contributed by atoms with Gasteiger partial charge in [-0.2, -0.15) is 0 Å². The average molecular weight is 250 g/mol. The predicted octanol–water partition coefficient (Wildman–Crippen LogP) is -0.281. The number of aromatic hydroxyl groups is 1. The Labute approximate surface area is 104 Å². The molecule has 0 fully saturated rings. The van der Waals surface area contributed by atoms with Gasteiger partial charge in [-0.15, -0.1) is 5.10 Å². The van der Waals surface area contributed by atoms with Crippen molar-refractivity contribution in [1.29, 1.82) is 0 Å². The maximum absolute atomic E-state index is 11.2. The minimum atomic E-state index is -0.476. The first kappa shape index (κ1) is 13.4. The second-order valence-corrected chi connectivity index (χ2v) is 3.28. The number of nitrogens with two attached hydrogens (primary N) is 2. The minimum absolute atomic E-state index is 0.0274. The highest BCUT2D eigenvalue weighted by atomic mass is 16.5. The van der Waals surface area contributed by atoms with Gasteiger partial charge in [0.15, 0.2) is 11.5 Å². The summed E-state index contributed by atoms with van der Waals surface area (Å²) in [6.45, 7) is 0. The van der Waals surface area contributed by atoms with E-state index in [0.29, 0.717) is 11.3 Å². The Morgan fingerprint density at radius 2 is 2.22 bits per heavy atom. The molecule has 0 saturated carbocycles. The van der Waals surface area contributed by atoms with Crippen LogP contribution in [0.5, 0.6) is 11.5 Å². The Bertz CT molecular complexity index is 493. The molecule has 0 unspecified atom stereocenters. The zero-order valence-electron chi connectivity index (χ0n) is 9.75. The van der Waals surface area contributed by atoms with Crippen LogP contribution in [0.15, 0.2) is 29.4 Å². The van der Waals surface area contributed by atoms with E-state index in [2.05, 4.69) is 10.5 Å². The number of nitrogens with zero attached hydrogens (tertiary/aromatic N) is 1. The Morgan fingerprint density at radius 1 is 1.50 bits per heavy atom. The van der Waals surface area contributed by atoms with Crippen LogP contribution in [0.3, 0.4) is 0 Å². The number of hydrazone groups is 1. The SMILES string of the molecule is COc1cc(C=CC(=O)NN=C(N)N)ccc1O. The molecule has 0 aliphatic carbocycles. The van der Waals surface area contributed by atoms with E-state index in [-0.39, 0.29) is 11.7 Å². The molecule has 1 amide bonds. The van der Waals surface area contributed by atoms with Crippen LogP contribution in [0.1, 0.15) is 5.56 Å². The third-order valence-electron chi connectivity index (χ3n) is 1.93. The lowest BCUT2D eigenvalue weighted by molar-refractivity contribution is -0.116. The molecule has 0 heterocycles. The number of phenolic OH excluding ortho intramolecular Hbond substituents is 1. The van der Waals surface area contributed by atoms with Crippen molar-refractivity contribution in [3.05, 3.63) is 29.8 Å². The number of hydrogen-bond donors (Lipinski definition) is 4. The van der Waals surface area contributed by atoms with Crippen LogP contribution in [0.2, 0.25) is 0 Å². The smallest absolute Gasteiger partial charge is 0.264 e. The second kappa shape index (κ2) is 6.14. The van der Waals surface area contributed by atoms with Crippen LogP contribution in [0.4, 0.5) is 0 Å². The van der Waals surface area contributed by atoms with Crippen molar-refractivity contribution in [3.8, 4) is 11.5 Å². The number of benzene rings is 1. The van der Waals surface area contributed by atoms with Crippen molar-refractivity contribution in [2.45, 2.75) is 0 Å². The van der Waals surface area contributed by atoms with Gasteiger partial charge in [-0.25, -0.2) is 5.43 Å². The van der Waals surface area contributed by atoms with Gasteiger partial charge >= 0.3 is 0 Å². The molecule has 1 aromatic rings. The van der Waals surface area contributed by atoms with E-state index >= 15 is 0 Å². The summed E-state index contributed by atoms with van der Waals surface area (Å²) in [7, 11) is 1.44. The molecule has 1 aromatic carbocycles. The van der Waals surface area contributed by atoms with Gasteiger partial charge in [0.25, 0.3) is 5.91 Å². The van der Waals surface area contributed by atoms with Crippen molar-refractivity contribution in [1.82, 2.24) is 5.43 Å². The maximum Gasteiger partial charge on any atom is 0.264 e. The van der Waals surface area contributed by atoms with Gasteiger partial charge in [-0.3, -0.25) is 4.79 Å². The first-order valence-electron chi connectivity index (χ1n) is 4.96. The highest BCUT2D eigenvalue weighted by Crippen LogP contribution is 2.26. The number of methoxy groups -OCH3 is 1. The van der Waals surface area contributed by atoms with Gasteiger partial charge in [0.1, 0.15) is 0 Å². The molecule has 6 N–H and O–H groups in total. The maximum atomic E-state index is 11.2. The lowest BCUT2D eigenvalue weighted by Crippen LogP contribution is -2.28. The highest BCUT2D eigenvalue weighted by molar-refractivity contribution is 5.92. The van der Waals surface area contributed by atoms with E-state index in [1.807, 2.05) is 0 Å². The Morgan fingerprint density at radius 3 is 2.83 bits per heavy atom. The molecular weight excluding hydrogens is 236 g/mol. The summed E-state index contributed by atoms with van der Waals surface area (Å²) < 4.78 is 4.93. The van der Waals surface area contributed by atoms with Crippen LogP contribution in [-0.4, -0.2) is 24.1 Å². The molecule has 0 spiro atoms. The van der Waals surface area contributed by atoms with Gasteiger partial charge in [0, 0.05) is 6.08 Å². The summed E-state index contributed by atoms with van der Waals surface area (Å²) in [6, 6.07) is 4.67. The van der Waals surface area contributed by atoms with Gasteiger partial charge in [-0.1, -0.05) is 6.07 Å². The molecule has 0 saturated heterocycles. The summed E-state index contributed by atoms with van der Waals surface area (Å²) in [5.74, 6) is -0.361. The minimum Gasteiger partial charge on any atom is -0.504 e. The molecule has 0 aliphatic heterocycles. The normalized spacial score (nSPS) is 10.1. The fourth-order valence-electron chi connectivity index (χ4n) is 1.13. The largest absolute Gasteiger partial charge is 0.504 e. The van der Waals surface area contributed by atoms with E-state index in [9.17, 15) is 9.90 Å². The van der Waals surface area contributed by atoms with Gasteiger partial charge in [0.2, 0.25) is 5.96 Å². The summed E-state index contributed by atoms with van der Waals surface area (Å²) >= 11 is 0. The zero-order chi connectivity index (χ0) is 13.5. The number of carbonyl (C=O) groups excluding carboxylic acids is 1. The van der Waals surface area contributed by atoms with Crippen LogP contribution in [0.25, 0.3) is 6.08 Å². The Balaban J connectivity index is 2.72. The fourth-order valence-corrected chi connectivity index (χ4v) is 1.13. The molecule has 0 atom stereocenters. The molecule has 7 nitrogen and oxygen atoms in total. The standard InChI is InChI=1S/C11H14N4O3/c1-18-9-6-7(2-4-8(9)16)3-5-10(17)14-15-11(12)13/h2-6,16H,1H3,(H,14,17)(H4,12,13,15). The lowest BCUT2D eigenvalue weighted by Gasteiger charge is -2.03.